The van der Waals surface area contributed by atoms with Crippen LogP contribution in [0.3, 0.4) is 0 Å². The molecule has 0 bridgehead atoms. The number of carbonyl (C=O) groups excluding carboxylic acids is 1. The van der Waals surface area contributed by atoms with E-state index in [2.05, 4.69) is 51.2 Å². The number of amides is 1. The predicted octanol–water partition coefficient (Wildman–Crippen LogP) is 4.85. The van der Waals surface area contributed by atoms with Gasteiger partial charge in [0.05, 0.1) is 6.10 Å². The number of benzene rings is 2. The fourth-order valence-electron chi connectivity index (χ4n) is 5.15. The third-order valence-corrected chi connectivity index (χ3v) is 7.23. The Balaban J connectivity index is 1.23. The summed E-state index contributed by atoms with van der Waals surface area (Å²) < 4.78 is 8.03. The van der Waals surface area contributed by atoms with Crippen LogP contribution in [0.4, 0.5) is 0 Å². The lowest BCUT2D eigenvalue weighted by Gasteiger charge is -2.31. The Labute approximate surface area is 200 Å². The average molecular weight is 466 g/mol. The fourth-order valence-corrected chi connectivity index (χ4v) is 5.36. The summed E-state index contributed by atoms with van der Waals surface area (Å²) in [6.45, 7) is 5.05. The molecule has 1 atom stereocenters. The quantitative estimate of drug-likeness (QED) is 0.542. The van der Waals surface area contributed by atoms with Crippen molar-refractivity contribution in [2.24, 2.45) is 5.92 Å². The van der Waals surface area contributed by atoms with Crippen molar-refractivity contribution >= 4 is 28.4 Å². The van der Waals surface area contributed by atoms with E-state index >= 15 is 0 Å². The van der Waals surface area contributed by atoms with Gasteiger partial charge in [-0.3, -0.25) is 9.69 Å². The van der Waals surface area contributed by atoms with Gasteiger partial charge in [0.1, 0.15) is 0 Å². The molecule has 33 heavy (non-hydrogen) atoms. The van der Waals surface area contributed by atoms with Gasteiger partial charge in [-0.15, -0.1) is 0 Å². The van der Waals surface area contributed by atoms with Crippen LogP contribution in [0, 0.1) is 5.92 Å². The Kier molecular flexibility index (Phi) is 7.00. The van der Waals surface area contributed by atoms with Crippen molar-refractivity contribution in [2.75, 3.05) is 26.2 Å². The maximum absolute atomic E-state index is 12.6. The van der Waals surface area contributed by atoms with Crippen LogP contribution in [0.2, 0.25) is 5.02 Å². The van der Waals surface area contributed by atoms with Crippen molar-refractivity contribution in [1.82, 2.24) is 14.8 Å². The Morgan fingerprint density at radius 1 is 1.03 bits per heavy atom. The molecule has 0 spiro atoms. The Hall–Kier alpha value is -2.34. The molecule has 0 radical (unpaired) electrons. The van der Waals surface area contributed by atoms with E-state index in [0.29, 0.717) is 6.54 Å². The van der Waals surface area contributed by atoms with E-state index in [1.54, 1.807) is 0 Å². The highest BCUT2D eigenvalue weighted by Crippen LogP contribution is 2.25. The van der Waals surface area contributed by atoms with Gasteiger partial charge in [-0.2, -0.15) is 0 Å². The molecule has 2 aliphatic heterocycles. The van der Waals surface area contributed by atoms with Gasteiger partial charge < -0.3 is 14.6 Å². The normalized spacial score (nSPS) is 19.8. The van der Waals surface area contributed by atoms with Crippen LogP contribution in [0.25, 0.3) is 10.9 Å². The molecular formula is C27H32ClN3O2. The first-order valence-electron chi connectivity index (χ1n) is 12.1. The number of aromatic nitrogens is 1. The van der Waals surface area contributed by atoms with Crippen molar-refractivity contribution in [3.8, 4) is 0 Å². The minimum Gasteiger partial charge on any atom is -0.376 e. The predicted molar refractivity (Wildman–Crippen MR) is 132 cm³/mol. The van der Waals surface area contributed by atoms with Crippen LogP contribution in [-0.4, -0.2) is 47.7 Å². The van der Waals surface area contributed by atoms with E-state index in [4.69, 9.17) is 16.3 Å². The molecule has 6 heteroatoms. The van der Waals surface area contributed by atoms with Crippen LogP contribution in [0.5, 0.6) is 0 Å². The lowest BCUT2D eigenvalue weighted by Crippen LogP contribution is -2.42. The third kappa shape index (κ3) is 5.43. The summed E-state index contributed by atoms with van der Waals surface area (Å²) in [5, 5.41) is 5.15. The maximum Gasteiger partial charge on any atom is 0.223 e. The number of likely N-dealkylation sites (tertiary alicyclic amines) is 1. The highest BCUT2D eigenvalue weighted by Gasteiger charge is 2.26. The monoisotopic (exact) mass is 465 g/mol. The molecular weight excluding hydrogens is 434 g/mol. The number of rotatable bonds is 7. The Morgan fingerprint density at radius 2 is 1.88 bits per heavy atom. The summed E-state index contributed by atoms with van der Waals surface area (Å²) >= 11 is 6.24. The van der Waals surface area contributed by atoms with Gasteiger partial charge in [-0.05, 0) is 74.0 Å². The largest absolute Gasteiger partial charge is 0.376 e. The number of fused-ring (bicyclic) bond motifs is 1. The van der Waals surface area contributed by atoms with Gasteiger partial charge in [-0.25, -0.2) is 0 Å². The van der Waals surface area contributed by atoms with Crippen molar-refractivity contribution < 1.29 is 9.53 Å². The zero-order chi connectivity index (χ0) is 22.6. The summed E-state index contributed by atoms with van der Waals surface area (Å²) in [4.78, 5) is 15.1. The molecule has 1 N–H and O–H groups in total. The number of hydrogen-bond acceptors (Lipinski definition) is 3. The molecule has 3 aromatic rings. The van der Waals surface area contributed by atoms with E-state index < -0.39 is 0 Å². The van der Waals surface area contributed by atoms with E-state index in [1.165, 1.54) is 22.2 Å². The van der Waals surface area contributed by atoms with Crippen LogP contribution in [0.15, 0.2) is 54.6 Å². The van der Waals surface area contributed by atoms with Gasteiger partial charge in [0.15, 0.2) is 0 Å². The molecule has 2 aliphatic rings. The number of nitrogens with one attached hydrogen (secondary N) is 1. The van der Waals surface area contributed by atoms with Gasteiger partial charge in [0.25, 0.3) is 0 Å². The number of halogens is 1. The molecule has 3 heterocycles. The highest BCUT2D eigenvalue weighted by atomic mass is 35.5. The molecule has 1 unspecified atom stereocenters. The Bertz CT molecular complexity index is 1100. The van der Waals surface area contributed by atoms with Crippen molar-refractivity contribution in [2.45, 2.75) is 44.9 Å². The molecule has 1 aromatic heterocycles. The number of ether oxygens (including phenoxy) is 1. The molecule has 0 saturated carbocycles. The van der Waals surface area contributed by atoms with Crippen molar-refractivity contribution in [1.29, 1.82) is 0 Å². The number of nitrogens with zero attached hydrogens (tertiary/aromatic N) is 2. The number of para-hydroxylation sites is 1. The van der Waals surface area contributed by atoms with Crippen LogP contribution in [-0.2, 0) is 22.6 Å². The van der Waals surface area contributed by atoms with E-state index in [9.17, 15) is 4.79 Å². The first kappa shape index (κ1) is 22.5. The van der Waals surface area contributed by atoms with Crippen LogP contribution < -0.4 is 5.32 Å². The van der Waals surface area contributed by atoms with E-state index in [-0.39, 0.29) is 17.9 Å². The number of carbonyl (C=O) groups is 1. The molecule has 0 aliphatic carbocycles. The van der Waals surface area contributed by atoms with Crippen molar-refractivity contribution in [3.63, 3.8) is 0 Å². The lowest BCUT2D eigenvalue weighted by molar-refractivity contribution is -0.127. The number of hydrogen-bond donors (Lipinski definition) is 1. The smallest absolute Gasteiger partial charge is 0.223 e. The van der Waals surface area contributed by atoms with Crippen molar-refractivity contribution in [3.05, 3.63) is 70.9 Å². The average Bonchev–Trinajstić information content (AvgIpc) is 3.46. The van der Waals surface area contributed by atoms with Gasteiger partial charge in [0, 0.05) is 48.4 Å². The zero-order valence-electron chi connectivity index (χ0n) is 19.0. The molecule has 2 fully saturated rings. The van der Waals surface area contributed by atoms with Crippen LogP contribution in [0.1, 0.15) is 36.9 Å². The topological polar surface area (TPSA) is 46.5 Å². The molecule has 2 saturated heterocycles. The second-order valence-electron chi connectivity index (χ2n) is 9.34. The van der Waals surface area contributed by atoms with Gasteiger partial charge in [0.2, 0.25) is 5.91 Å². The SMILES string of the molecule is O=C(NCC1CCCO1)C1CCN(Cc2cc3ccccc3n2Cc2cccc(Cl)c2)CC1. The van der Waals surface area contributed by atoms with Gasteiger partial charge in [-0.1, -0.05) is 41.9 Å². The van der Waals surface area contributed by atoms with Crippen LogP contribution >= 0.6 is 11.6 Å². The number of piperidine rings is 1. The minimum atomic E-state index is 0.111. The first-order valence-corrected chi connectivity index (χ1v) is 12.5. The maximum atomic E-state index is 12.6. The first-order chi connectivity index (χ1) is 16.2. The van der Waals surface area contributed by atoms with E-state index in [0.717, 1.165) is 63.5 Å². The fraction of sp³-hybridized carbons (Fsp3) is 0.444. The lowest BCUT2D eigenvalue weighted by atomic mass is 9.95. The summed E-state index contributed by atoms with van der Waals surface area (Å²) in [6.07, 6.45) is 4.18. The second-order valence-corrected chi connectivity index (χ2v) is 9.78. The second kappa shape index (κ2) is 10.3. The molecule has 5 rings (SSSR count). The molecule has 2 aromatic carbocycles. The van der Waals surface area contributed by atoms with E-state index in [1.807, 2.05) is 18.2 Å². The molecule has 174 valence electrons. The standard InChI is InChI=1S/C27H32ClN3O2/c28-23-7-3-5-20(15-23)18-31-24(16-22-6-1-2-9-26(22)31)19-30-12-10-21(11-13-30)27(32)29-17-25-8-4-14-33-25/h1-3,5-7,9,15-16,21,25H,4,8,10-14,17-19H2,(H,29,32). The molecule has 1 amide bonds. The summed E-state index contributed by atoms with van der Waals surface area (Å²) in [6, 6.07) is 19.0. The minimum absolute atomic E-state index is 0.111. The highest BCUT2D eigenvalue weighted by molar-refractivity contribution is 6.30. The Morgan fingerprint density at radius 3 is 2.67 bits per heavy atom. The van der Waals surface area contributed by atoms with Gasteiger partial charge >= 0.3 is 0 Å². The third-order valence-electron chi connectivity index (χ3n) is 7.00. The molecule has 5 nitrogen and oxygen atoms in total. The summed E-state index contributed by atoms with van der Waals surface area (Å²) in [7, 11) is 0. The summed E-state index contributed by atoms with van der Waals surface area (Å²) in [5.41, 5.74) is 3.75. The summed E-state index contributed by atoms with van der Waals surface area (Å²) in [5.74, 6) is 0.306. The zero-order valence-corrected chi connectivity index (χ0v) is 19.8.